The number of halogens is 2. The number of carbonyl (C=O) groups is 3. The first-order chi connectivity index (χ1) is 14.5. The summed E-state index contributed by atoms with van der Waals surface area (Å²) in [5.74, 6) is -4.59. The van der Waals surface area contributed by atoms with Gasteiger partial charge in [0.05, 0.1) is 6.54 Å². The van der Waals surface area contributed by atoms with Crippen LogP contribution in [0.1, 0.15) is 37.7 Å². The standard InChI is InChI=1S/C21H24F2N4O4/c1-20(2,3)31-19(30)26-13-21(22,23)12-16(26)18(29)25-27-11-7-10-15(27)17(28)24-14-8-5-4-6-9-14/h4-11,16H,12-13H2,1-3H3,(H,24,28)(H,25,29)/t16-/m0/s1. The summed E-state index contributed by atoms with van der Waals surface area (Å²) >= 11 is 0. The summed E-state index contributed by atoms with van der Waals surface area (Å²) < 4.78 is 34.3. The molecule has 0 aliphatic carbocycles. The van der Waals surface area contributed by atoms with Crippen molar-refractivity contribution in [2.45, 2.75) is 44.8 Å². The summed E-state index contributed by atoms with van der Waals surface area (Å²) in [6.07, 6.45) is -0.437. The van der Waals surface area contributed by atoms with E-state index in [-0.39, 0.29) is 5.69 Å². The van der Waals surface area contributed by atoms with Crippen molar-refractivity contribution in [3.05, 3.63) is 54.4 Å². The monoisotopic (exact) mass is 434 g/mol. The lowest BCUT2D eigenvalue weighted by Crippen LogP contribution is -2.47. The summed E-state index contributed by atoms with van der Waals surface area (Å²) in [6.45, 7) is 3.88. The number of amides is 3. The second-order valence-electron chi connectivity index (χ2n) is 8.24. The molecule has 166 valence electrons. The number of carbonyl (C=O) groups excluding carboxylic acids is 3. The Balaban J connectivity index is 1.74. The van der Waals surface area contributed by atoms with Gasteiger partial charge in [-0.15, -0.1) is 0 Å². The number of hydrogen-bond donors (Lipinski definition) is 2. The molecule has 1 aliphatic rings. The molecule has 2 aromatic rings. The Bertz CT molecular complexity index is 969. The fourth-order valence-corrected chi connectivity index (χ4v) is 3.14. The summed E-state index contributed by atoms with van der Waals surface area (Å²) in [6, 6.07) is 10.2. The van der Waals surface area contributed by atoms with Crippen LogP contribution in [0.2, 0.25) is 0 Å². The maximum absolute atomic E-state index is 14.0. The van der Waals surface area contributed by atoms with E-state index >= 15 is 0 Å². The van der Waals surface area contributed by atoms with E-state index in [1.165, 1.54) is 18.3 Å². The Morgan fingerprint density at radius 1 is 1.10 bits per heavy atom. The van der Waals surface area contributed by atoms with Gasteiger partial charge in [0.1, 0.15) is 17.3 Å². The smallest absolute Gasteiger partial charge is 0.411 e. The molecule has 1 aliphatic heterocycles. The maximum Gasteiger partial charge on any atom is 0.411 e. The molecule has 0 spiro atoms. The van der Waals surface area contributed by atoms with E-state index in [4.69, 9.17) is 4.74 Å². The Kier molecular flexibility index (Phi) is 6.01. The van der Waals surface area contributed by atoms with E-state index < -0.39 is 48.4 Å². The first kappa shape index (κ1) is 22.3. The molecular formula is C21H24F2N4O4. The van der Waals surface area contributed by atoms with Crippen molar-refractivity contribution in [3.8, 4) is 0 Å². The zero-order chi connectivity index (χ0) is 22.8. The lowest BCUT2D eigenvalue weighted by molar-refractivity contribution is -0.121. The molecule has 1 fully saturated rings. The van der Waals surface area contributed by atoms with Crippen LogP contribution < -0.4 is 10.7 Å². The third-order valence-corrected chi connectivity index (χ3v) is 4.44. The van der Waals surface area contributed by atoms with E-state index in [1.807, 2.05) is 0 Å². The van der Waals surface area contributed by atoms with Crippen LogP contribution in [0.4, 0.5) is 19.3 Å². The number of anilines is 1. The van der Waals surface area contributed by atoms with Gasteiger partial charge < -0.3 is 10.1 Å². The number of nitrogens with one attached hydrogen (secondary N) is 2. The number of nitrogens with zero attached hydrogens (tertiary/aromatic N) is 2. The van der Waals surface area contributed by atoms with Crippen molar-refractivity contribution < 1.29 is 27.9 Å². The molecule has 1 saturated heterocycles. The molecule has 0 bridgehead atoms. The number of aromatic nitrogens is 1. The van der Waals surface area contributed by atoms with Crippen molar-refractivity contribution in [2.75, 3.05) is 17.3 Å². The molecule has 31 heavy (non-hydrogen) atoms. The molecule has 1 aromatic carbocycles. The number of rotatable bonds is 4. The van der Waals surface area contributed by atoms with Crippen LogP contribution in [0.25, 0.3) is 0 Å². The highest BCUT2D eigenvalue weighted by Crippen LogP contribution is 2.33. The number of likely N-dealkylation sites (tertiary alicyclic amines) is 1. The molecule has 2 N–H and O–H groups in total. The molecule has 3 amide bonds. The van der Waals surface area contributed by atoms with E-state index in [9.17, 15) is 23.2 Å². The van der Waals surface area contributed by atoms with E-state index in [1.54, 1.807) is 51.1 Å². The molecule has 1 aromatic heterocycles. The van der Waals surface area contributed by atoms with Gasteiger partial charge in [-0.2, -0.15) is 0 Å². The Morgan fingerprint density at radius 3 is 2.42 bits per heavy atom. The highest BCUT2D eigenvalue weighted by atomic mass is 19.3. The third-order valence-electron chi connectivity index (χ3n) is 4.44. The first-order valence-electron chi connectivity index (χ1n) is 9.67. The van der Waals surface area contributed by atoms with Crippen LogP contribution in [0.5, 0.6) is 0 Å². The summed E-state index contributed by atoms with van der Waals surface area (Å²) in [5.41, 5.74) is 2.16. The minimum atomic E-state index is -3.23. The normalized spacial score (nSPS) is 17.8. The predicted octanol–water partition coefficient (Wildman–Crippen LogP) is 3.46. The van der Waals surface area contributed by atoms with Gasteiger partial charge in [-0.3, -0.25) is 24.6 Å². The van der Waals surface area contributed by atoms with Gasteiger partial charge in [0, 0.05) is 18.3 Å². The first-order valence-corrected chi connectivity index (χ1v) is 9.67. The Hall–Kier alpha value is -3.43. The quantitative estimate of drug-likeness (QED) is 0.771. The zero-order valence-electron chi connectivity index (χ0n) is 17.4. The maximum atomic E-state index is 14.0. The van der Waals surface area contributed by atoms with Crippen LogP contribution in [-0.4, -0.2) is 51.6 Å². The fourth-order valence-electron chi connectivity index (χ4n) is 3.14. The number of benzene rings is 1. The van der Waals surface area contributed by atoms with Crippen LogP contribution in [-0.2, 0) is 9.53 Å². The molecule has 10 heteroatoms. The average molecular weight is 434 g/mol. The summed E-state index contributed by atoms with van der Waals surface area (Å²) in [4.78, 5) is 38.4. The van der Waals surface area contributed by atoms with Crippen molar-refractivity contribution in [1.82, 2.24) is 9.58 Å². The van der Waals surface area contributed by atoms with Crippen LogP contribution >= 0.6 is 0 Å². The van der Waals surface area contributed by atoms with Crippen molar-refractivity contribution in [3.63, 3.8) is 0 Å². The van der Waals surface area contributed by atoms with Crippen molar-refractivity contribution >= 4 is 23.6 Å². The average Bonchev–Trinajstić information content (AvgIpc) is 3.25. The number of alkyl halides is 2. The molecule has 0 saturated carbocycles. The van der Waals surface area contributed by atoms with E-state index in [0.717, 1.165) is 4.68 Å². The van der Waals surface area contributed by atoms with Crippen molar-refractivity contribution in [2.24, 2.45) is 0 Å². The minimum Gasteiger partial charge on any atom is -0.444 e. The van der Waals surface area contributed by atoms with Crippen LogP contribution in [0.3, 0.4) is 0 Å². The minimum absolute atomic E-state index is 0.0887. The second kappa shape index (κ2) is 8.37. The van der Waals surface area contributed by atoms with Gasteiger partial charge in [0.25, 0.3) is 17.7 Å². The largest absolute Gasteiger partial charge is 0.444 e. The van der Waals surface area contributed by atoms with Gasteiger partial charge in [-0.05, 0) is 45.0 Å². The lowest BCUT2D eigenvalue weighted by atomic mass is 10.2. The fraction of sp³-hybridized carbons (Fsp3) is 0.381. The molecule has 0 radical (unpaired) electrons. The summed E-state index contributed by atoms with van der Waals surface area (Å²) in [7, 11) is 0. The molecule has 3 rings (SSSR count). The Morgan fingerprint density at radius 2 is 1.77 bits per heavy atom. The highest BCUT2D eigenvalue weighted by Gasteiger charge is 2.51. The highest BCUT2D eigenvalue weighted by molar-refractivity contribution is 6.04. The van der Waals surface area contributed by atoms with Crippen molar-refractivity contribution in [1.29, 1.82) is 0 Å². The SMILES string of the molecule is CC(C)(C)OC(=O)N1CC(F)(F)C[C@H]1C(=O)Nn1cccc1C(=O)Nc1ccccc1. The third kappa shape index (κ3) is 5.59. The lowest BCUT2D eigenvalue weighted by Gasteiger charge is -2.27. The molecule has 8 nitrogen and oxygen atoms in total. The summed E-state index contributed by atoms with van der Waals surface area (Å²) in [5, 5.41) is 2.68. The van der Waals surface area contributed by atoms with Gasteiger partial charge in [0.2, 0.25) is 0 Å². The zero-order valence-corrected chi connectivity index (χ0v) is 17.4. The number of ether oxygens (including phenoxy) is 1. The molecule has 0 unspecified atom stereocenters. The second-order valence-corrected chi connectivity index (χ2v) is 8.24. The Labute approximate surface area is 178 Å². The molecule has 2 heterocycles. The molecular weight excluding hydrogens is 410 g/mol. The van der Waals surface area contributed by atoms with Gasteiger partial charge >= 0.3 is 6.09 Å². The van der Waals surface area contributed by atoms with E-state index in [2.05, 4.69) is 10.7 Å². The number of para-hydroxylation sites is 1. The van der Waals surface area contributed by atoms with Gasteiger partial charge in [-0.1, -0.05) is 18.2 Å². The topological polar surface area (TPSA) is 92.7 Å². The van der Waals surface area contributed by atoms with E-state index in [0.29, 0.717) is 10.6 Å². The van der Waals surface area contributed by atoms with Gasteiger partial charge in [0.15, 0.2) is 0 Å². The number of hydrogen-bond acceptors (Lipinski definition) is 4. The van der Waals surface area contributed by atoms with Crippen LogP contribution in [0, 0.1) is 0 Å². The predicted molar refractivity (Wildman–Crippen MR) is 109 cm³/mol. The van der Waals surface area contributed by atoms with Gasteiger partial charge in [-0.25, -0.2) is 13.6 Å². The molecule has 1 atom stereocenters. The van der Waals surface area contributed by atoms with Crippen LogP contribution in [0.15, 0.2) is 48.7 Å².